The standard InChI is InChI=1S/C19H20ClN3O3/c1-13(24)21-10-11-22-19(26)14-6-8-16(9-7-14)23-18(25)12-15-4-2-3-5-17(15)20/h2-9H,10-12H2,1H3,(H,21,24)(H,22,26)(H,23,25). The van der Waals surface area contributed by atoms with Crippen molar-refractivity contribution >= 4 is 35.0 Å². The summed E-state index contributed by atoms with van der Waals surface area (Å²) in [6.45, 7) is 2.13. The van der Waals surface area contributed by atoms with Crippen LogP contribution in [0.4, 0.5) is 5.69 Å². The van der Waals surface area contributed by atoms with Crippen LogP contribution in [0, 0.1) is 0 Å². The molecule has 6 nitrogen and oxygen atoms in total. The number of amides is 3. The number of anilines is 1. The van der Waals surface area contributed by atoms with Gasteiger partial charge in [-0.2, -0.15) is 0 Å². The summed E-state index contributed by atoms with van der Waals surface area (Å²) in [4.78, 5) is 34.8. The molecule has 2 rings (SSSR count). The van der Waals surface area contributed by atoms with E-state index in [0.29, 0.717) is 29.4 Å². The molecule has 0 bridgehead atoms. The predicted molar refractivity (Wildman–Crippen MR) is 101 cm³/mol. The molecule has 0 heterocycles. The van der Waals surface area contributed by atoms with Gasteiger partial charge in [-0.05, 0) is 35.9 Å². The molecule has 136 valence electrons. The van der Waals surface area contributed by atoms with Crippen LogP contribution in [0.5, 0.6) is 0 Å². The third kappa shape index (κ3) is 6.22. The Kier molecular flexibility index (Phi) is 7.17. The van der Waals surface area contributed by atoms with Gasteiger partial charge in [0.25, 0.3) is 5.91 Å². The number of carbonyl (C=O) groups excluding carboxylic acids is 3. The smallest absolute Gasteiger partial charge is 0.251 e. The zero-order valence-corrected chi connectivity index (χ0v) is 15.1. The fourth-order valence-electron chi connectivity index (χ4n) is 2.24. The fraction of sp³-hybridized carbons (Fsp3) is 0.211. The lowest BCUT2D eigenvalue weighted by molar-refractivity contribution is -0.119. The van der Waals surface area contributed by atoms with Crippen molar-refractivity contribution in [1.82, 2.24) is 10.6 Å². The summed E-state index contributed by atoms with van der Waals surface area (Å²) in [7, 11) is 0. The molecule has 0 atom stereocenters. The molecule has 0 aliphatic rings. The van der Waals surface area contributed by atoms with Crippen LogP contribution >= 0.6 is 11.6 Å². The number of halogens is 1. The van der Waals surface area contributed by atoms with Crippen molar-refractivity contribution in [3.05, 3.63) is 64.7 Å². The minimum Gasteiger partial charge on any atom is -0.355 e. The second-order valence-electron chi connectivity index (χ2n) is 5.63. The van der Waals surface area contributed by atoms with Crippen LogP contribution in [0.25, 0.3) is 0 Å². The van der Waals surface area contributed by atoms with Crippen LogP contribution in [0.1, 0.15) is 22.8 Å². The number of benzene rings is 2. The van der Waals surface area contributed by atoms with Crippen LogP contribution in [-0.4, -0.2) is 30.8 Å². The van der Waals surface area contributed by atoms with Crippen molar-refractivity contribution in [2.75, 3.05) is 18.4 Å². The monoisotopic (exact) mass is 373 g/mol. The third-order valence-corrected chi connectivity index (χ3v) is 3.89. The molecule has 3 N–H and O–H groups in total. The maximum absolute atomic E-state index is 12.1. The third-order valence-electron chi connectivity index (χ3n) is 3.52. The first-order chi connectivity index (χ1) is 12.5. The average molecular weight is 374 g/mol. The summed E-state index contributed by atoms with van der Waals surface area (Å²) in [6, 6.07) is 13.7. The number of rotatable bonds is 7. The predicted octanol–water partition coefficient (Wildman–Crippen LogP) is 2.39. The Hall–Kier alpha value is -2.86. The Labute approximate surface area is 156 Å². The Bertz CT molecular complexity index is 791. The molecule has 0 unspecified atom stereocenters. The molecule has 0 saturated carbocycles. The van der Waals surface area contributed by atoms with E-state index >= 15 is 0 Å². The first kappa shape index (κ1) is 19.5. The number of carbonyl (C=O) groups is 3. The minimum atomic E-state index is -0.246. The Morgan fingerprint density at radius 3 is 2.23 bits per heavy atom. The highest BCUT2D eigenvalue weighted by atomic mass is 35.5. The van der Waals surface area contributed by atoms with E-state index in [2.05, 4.69) is 16.0 Å². The molecule has 0 aliphatic carbocycles. The van der Waals surface area contributed by atoms with E-state index in [0.717, 1.165) is 5.56 Å². The van der Waals surface area contributed by atoms with Crippen LogP contribution in [0.15, 0.2) is 48.5 Å². The second-order valence-corrected chi connectivity index (χ2v) is 6.04. The van der Waals surface area contributed by atoms with E-state index in [-0.39, 0.29) is 24.1 Å². The number of hydrogen-bond acceptors (Lipinski definition) is 3. The van der Waals surface area contributed by atoms with Crippen molar-refractivity contribution < 1.29 is 14.4 Å². The lowest BCUT2D eigenvalue weighted by atomic mass is 10.1. The van der Waals surface area contributed by atoms with E-state index in [1.165, 1.54) is 6.92 Å². The van der Waals surface area contributed by atoms with Gasteiger partial charge in [-0.3, -0.25) is 14.4 Å². The van der Waals surface area contributed by atoms with Crippen molar-refractivity contribution in [1.29, 1.82) is 0 Å². The average Bonchev–Trinajstić information content (AvgIpc) is 2.61. The van der Waals surface area contributed by atoms with Crippen LogP contribution in [0.3, 0.4) is 0 Å². The molecule has 3 amide bonds. The van der Waals surface area contributed by atoms with Crippen LogP contribution in [0.2, 0.25) is 5.02 Å². The van der Waals surface area contributed by atoms with E-state index in [1.807, 2.05) is 12.1 Å². The number of nitrogens with one attached hydrogen (secondary N) is 3. The van der Waals surface area contributed by atoms with Crippen LogP contribution < -0.4 is 16.0 Å². The zero-order valence-electron chi connectivity index (χ0n) is 14.3. The summed E-state index contributed by atoms with van der Waals surface area (Å²) in [6.07, 6.45) is 0.172. The maximum Gasteiger partial charge on any atom is 0.251 e. The maximum atomic E-state index is 12.1. The van der Waals surface area contributed by atoms with Gasteiger partial charge < -0.3 is 16.0 Å². The van der Waals surface area contributed by atoms with Crippen LogP contribution in [-0.2, 0) is 16.0 Å². The highest BCUT2D eigenvalue weighted by Gasteiger charge is 2.08. The van der Waals surface area contributed by atoms with Crippen molar-refractivity contribution in [3.63, 3.8) is 0 Å². The Morgan fingerprint density at radius 2 is 1.58 bits per heavy atom. The molecular weight excluding hydrogens is 354 g/mol. The van der Waals surface area contributed by atoms with Crippen molar-refractivity contribution in [3.8, 4) is 0 Å². The molecule has 26 heavy (non-hydrogen) atoms. The SMILES string of the molecule is CC(=O)NCCNC(=O)c1ccc(NC(=O)Cc2ccccc2Cl)cc1. The lowest BCUT2D eigenvalue weighted by Gasteiger charge is -2.08. The van der Waals surface area contributed by atoms with Crippen molar-refractivity contribution in [2.45, 2.75) is 13.3 Å². The van der Waals surface area contributed by atoms with Gasteiger partial charge in [0.15, 0.2) is 0 Å². The van der Waals surface area contributed by atoms with Gasteiger partial charge in [0, 0.05) is 36.3 Å². The Balaban J connectivity index is 1.84. The van der Waals surface area contributed by atoms with Gasteiger partial charge in [0.05, 0.1) is 6.42 Å². The topological polar surface area (TPSA) is 87.3 Å². The summed E-state index contributed by atoms with van der Waals surface area (Å²) in [5, 5.41) is 8.62. The molecule has 0 aromatic heterocycles. The number of hydrogen-bond donors (Lipinski definition) is 3. The van der Waals surface area contributed by atoms with E-state index < -0.39 is 0 Å². The van der Waals surface area contributed by atoms with Gasteiger partial charge in [0.1, 0.15) is 0 Å². The summed E-state index contributed by atoms with van der Waals surface area (Å²) in [5.74, 6) is -0.578. The summed E-state index contributed by atoms with van der Waals surface area (Å²) < 4.78 is 0. The van der Waals surface area contributed by atoms with Gasteiger partial charge in [0.2, 0.25) is 11.8 Å². The summed E-state index contributed by atoms with van der Waals surface area (Å²) in [5.41, 5.74) is 1.82. The molecule has 0 saturated heterocycles. The quantitative estimate of drug-likeness (QED) is 0.651. The van der Waals surface area contributed by atoms with Crippen molar-refractivity contribution in [2.24, 2.45) is 0 Å². The highest BCUT2D eigenvalue weighted by Crippen LogP contribution is 2.16. The molecule has 0 fully saturated rings. The molecule has 0 radical (unpaired) electrons. The second kappa shape index (κ2) is 9.58. The van der Waals surface area contributed by atoms with E-state index in [4.69, 9.17) is 11.6 Å². The molecule has 2 aromatic carbocycles. The van der Waals surface area contributed by atoms with Gasteiger partial charge in [-0.15, -0.1) is 0 Å². The normalized spacial score (nSPS) is 10.1. The van der Waals surface area contributed by atoms with Gasteiger partial charge in [-0.25, -0.2) is 0 Å². The molecule has 7 heteroatoms. The highest BCUT2D eigenvalue weighted by molar-refractivity contribution is 6.31. The first-order valence-corrected chi connectivity index (χ1v) is 8.49. The molecular formula is C19H20ClN3O3. The zero-order chi connectivity index (χ0) is 18.9. The Morgan fingerprint density at radius 1 is 0.923 bits per heavy atom. The molecule has 0 spiro atoms. The summed E-state index contributed by atoms with van der Waals surface area (Å²) >= 11 is 6.05. The molecule has 0 aliphatic heterocycles. The van der Waals surface area contributed by atoms with Gasteiger partial charge in [-0.1, -0.05) is 29.8 Å². The van der Waals surface area contributed by atoms with E-state index in [9.17, 15) is 14.4 Å². The minimum absolute atomic E-state index is 0.142. The largest absolute Gasteiger partial charge is 0.355 e. The first-order valence-electron chi connectivity index (χ1n) is 8.11. The van der Waals surface area contributed by atoms with Gasteiger partial charge >= 0.3 is 0 Å². The molecule has 2 aromatic rings. The lowest BCUT2D eigenvalue weighted by Crippen LogP contribution is -2.33. The van der Waals surface area contributed by atoms with E-state index in [1.54, 1.807) is 36.4 Å². The fourth-order valence-corrected chi connectivity index (χ4v) is 2.44.